The molecule has 1 aliphatic heterocycles. The van der Waals surface area contributed by atoms with E-state index in [1.165, 1.54) is 6.42 Å². The largest absolute Gasteiger partial charge is 0.478 e. The molecule has 2 heterocycles. The lowest BCUT2D eigenvalue weighted by atomic mass is 10.0. The predicted molar refractivity (Wildman–Crippen MR) is 121 cm³/mol. The molecule has 0 bridgehead atoms. The fourth-order valence-corrected chi connectivity index (χ4v) is 4.80. The fourth-order valence-electron chi connectivity index (χ4n) is 4.80. The molecule has 0 radical (unpaired) electrons. The van der Waals surface area contributed by atoms with E-state index in [0.29, 0.717) is 23.1 Å². The molecule has 1 saturated heterocycles. The Kier molecular flexibility index (Phi) is 4.68. The van der Waals surface area contributed by atoms with Crippen LogP contribution in [0.3, 0.4) is 0 Å². The minimum absolute atomic E-state index is 0.0249. The van der Waals surface area contributed by atoms with Crippen molar-refractivity contribution in [1.82, 2.24) is 9.55 Å². The zero-order valence-corrected chi connectivity index (χ0v) is 17.7. The van der Waals surface area contributed by atoms with Crippen molar-refractivity contribution in [3.8, 4) is 0 Å². The molecule has 0 amide bonds. The van der Waals surface area contributed by atoms with Gasteiger partial charge in [-0.2, -0.15) is 0 Å². The van der Waals surface area contributed by atoms with Crippen LogP contribution in [0.25, 0.3) is 10.9 Å². The first-order valence-corrected chi connectivity index (χ1v) is 10.8. The maximum Gasteiger partial charge on any atom is 0.337 e. The Hall–Kier alpha value is -3.35. The molecule has 3 unspecified atom stereocenters. The van der Waals surface area contributed by atoms with Crippen LogP contribution in [0.5, 0.6) is 0 Å². The number of nitrogens with one attached hydrogen (secondary N) is 1. The number of anilines is 2. The second kappa shape index (κ2) is 7.41. The zero-order chi connectivity index (χ0) is 21.7. The highest BCUT2D eigenvalue weighted by molar-refractivity contribution is 5.94. The molecule has 1 saturated carbocycles. The van der Waals surface area contributed by atoms with Crippen molar-refractivity contribution in [3.05, 3.63) is 63.9 Å². The number of benzene rings is 2. The van der Waals surface area contributed by atoms with Crippen molar-refractivity contribution < 1.29 is 9.90 Å². The molecule has 5 rings (SSSR count). The topological polar surface area (TPSA) is 87.5 Å². The molecule has 160 valence electrons. The van der Waals surface area contributed by atoms with E-state index in [9.17, 15) is 14.7 Å². The van der Waals surface area contributed by atoms with Gasteiger partial charge >= 0.3 is 5.97 Å². The number of nitrogens with zero attached hydrogens (tertiary/aromatic N) is 3. The minimum Gasteiger partial charge on any atom is -0.478 e. The van der Waals surface area contributed by atoms with Gasteiger partial charge in [-0.25, -0.2) is 9.78 Å². The third kappa shape index (κ3) is 3.34. The summed E-state index contributed by atoms with van der Waals surface area (Å²) in [4.78, 5) is 32.1. The second-order valence-corrected chi connectivity index (χ2v) is 8.58. The van der Waals surface area contributed by atoms with Gasteiger partial charge in [0.1, 0.15) is 0 Å². The van der Waals surface area contributed by atoms with Crippen molar-refractivity contribution >= 4 is 28.5 Å². The maximum absolute atomic E-state index is 13.3. The van der Waals surface area contributed by atoms with Crippen LogP contribution in [-0.4, -0.2) is 33.7 Å². The monoisotopic (exact) mass is 418 g/mol. The van der Waals surface area contributed by atoms with E-state index in [1.807, 2.05) is 32.0 Å². The van der Waals surface area contributed by atoms with Crippen molar-refractivity contribution in [2.45, 2.75) is 32.9 Å². The number of para-hydroxylation sites is 2. The molecule has 2 aromatic carbocycles. The highest BCUT2D eigenvalue weighted by atomic mass is 16.4. The summed E-state index contributed by atoms with van der Waals surface area (Å²) in [6.45, 7) is 6.44. The average molecular weight is 418 g/mol. The van der Waals surface area contributed by atoms with Crippen LogP contribution in [0.15, 0.2) is 47.3 Å². The second-order valence-electron chi connectivity index (χ2n) is 8.58. The summed E-state index contributed by atoms with van der Waals surface area (Å²) in [7, 11) is 0. The molecule has 1 aromatic heterocycles. The number of aromatic nitrogens is 2. The quantitative estimate of drug-likeness (QED) is 0.634. The summed E-state index contributed by atoms with van der Waals surface area (Å²) in [6, 6.07) is 12.3. The molecule has 7 nitrogen and oxygen atoms in total. The van der Waals surface area contributed by atoms with Crippen molar-refractivity contribution in [3.63, 3.8) is 0 Å². The number of piperidine rings is 1. The Labute approximate surface area is 180 Å². The van der Waals surface area contributed by atoms with Crippen molar-refractivity contribution in [2.24, 2.45) is 11.8 Å². The smallest absolute Gasteiger partial charge is 0.337 e. The normalized spacial score (nSPS) is 20.5. The number of fused-ring (bicyclic) bond motifs is 2. The minimum atomic E-state index is -0.980. The first-order chi connectivity index (χ1) is 15.0. The Bertz CT molecular complexity index is 1230. The molecule has 2 fully saturated rings. The Morgan fingerprint density at radius 2 is 1.94 bits per heavy atom. The fraction of sp³-hybridized carbons (Fsp3) is 0.375. The number of carbonyl (C=O) groups is 1. The number of aromatic carboxylic acids is 1. The highest BCUT2D eigenvalue weighted by Crippen LogP contribution is 2.46. The molecule has 31 heavy (non-hydrogen) atoms. The molecule has 7 heteroatoms. The van der Waals surface area contributed by atoms with E-state index in [-0.39, 0.29) is 17.2 Å². The lowest BCUT2D eigenvalue weighted by Crippen LogP contribution is -2.32. The van der Waals surface area contributed by atoms with Gasteiger partial charge < -0.3 is 15.3 Å². The zero-order valence-electron chi connectivity index (χ0n) is 17.7. The van der Waals surface area contributed by atoms with Gasteiger partial charge in [0.15, 0.2) is 0 Å². The third-order valence-corrected chi connectivity index (χ3v) is 6.57. The Morgan fingerprint density at radius 1 is 1.19 bits per heavy atom. The predicted octanol–water partition coefficient (Wildman–Crippen LogP) is 3.74. The van der Waals surface area contributed by atoms with Crippen LogP contribution in [0.1, 0.15) is 42.2 Å². The van der Waals surface area contributed by atoms with Gasteiger partial charge in [-0.05, 0) is 50.3 Å². The van der Waals surface area contributed by atoms with E-state index in [2.05, 4.69) is 10.2 Å². The van der Waals surface area contributed by atoms with E-state index < -0.39 is 5.97 Å². The summed E-state index contributed by atoms with van der Waals surface area (Å²) >= 11 is 0. The maximum atomic E-state index is 13.3. The summed E-state index contributed by atoms with van der Waals surface area (Å²) < 4.78 is 1.77. The first-order valence-electron chi connectivity index (χ1n) is 10.8. The van der Waals surface area contributed by atoms with Gasteiger partial charge in [-0.1, -0.05) is 24.3 Å². The Morgan fingerprint density at radius 3 is 2.65 bits per heavy atom. The van der Waals surface area contributed by atoms with Crippen LogP contribution in [0, 0.1) is 11.8 Å². The third-order valence-electron chi connectivity index (χ3n) is 6.57. The molecule has 3 aromatic rings. The van der Waals surface area contributed by atoms with Gasteiger partial charge in [0.2, 0.25) is 5.95 Å². The average Bonchev–Trinajstić information content (AvgIpc) is 3.38. The van der Waals surface area contributed by atoms with Crippen molar-refractivity contribution in [2.75, 3.05) is 23.3 Å². The molecule has 3 atom stereocenters. The number of rotatable bonds is 6. The molecule has 0 spiro atoms. The first kappa shape index (κ1) is 19.6. The van der Waals surface area contributed by atoms with E-state index in [1.54, 1.807) is 28.8 Å². The van der Waals surface area contributed by atoms with Gasteiger partial charge in [0.05, 0.1) is 22.5 Å². The van der Waals surface area contributed by atoms with Gasteiger partial charge in [-0.15, -0.1) is 0 Å². The van der Waals surface area contributed by atoms with E-state index >= 15 is 0 Å². The van der Waals surface area contributed by atoms with Crippen LogP contribution in [0.2, 0.25) is 0 Å². The van der Waals surface area contributed by atoms with Crippen LogP contribution < -0.4 is 15.8 Å². The summed E-state index contributed by atoms with van der Waals surface area (Å²) in [6.07, 6.45) is 1.29. The van der Waals surface area contributed by atoms with E-state index in [4.69, 9.17) is 4.98 Å². The van der Waals surface area contributed by atoms with Crippen LogP contribution >= 0.6 is 0 Å². The number of carboxylic acid groups (broad SMARTS) is 1. The lowest BCUT2D eigenvalue weighted by molar-refractivity contribution is 0.0698. The van der Waals surface area contributed by atoms with E-state index in [0.717, 1.165) is 36.4 Å². The molecular weight excluding hydrogens is 392 g/mol. The summed E-state index contributed by atoms with van der Waals surface area (Å²) in [5, 5.41) is 13.4. The number of hydrogen-bond acceptors (Lipinski definition) is 5. The number of carboxylic acids is 1. The lowest BCUT2D eigenvalue weighted by Gasteiger charge is -2.24. The van der Waals surface area contributed by atoms with Crippen LogP contribution in [-0.2, 0) is 6.54 Å². The van der Waals surface area contributed by atoms with Gasteiger partial charge in [0, 0.05) is 30.9 Å². The molecule has 2 N–H and O–H groups in total. The SMILES string of the molecule is CCn1c(N2CC3CC3C2)nc2c(C(C)Nc3ccccc3C(=O)O)cccc2c1=O. The molecule has 2 aliphatic rings. The van der Waals surface area contributed by atoms with Crippen LogP contribution in [0.4, 0.5) is 11.6 Å². The number of hydrogen-bond donors (Lipinski definition) is 2. The highest BCUT2D eigenvalue weighted by Gasteiger charge is 2.46. The Balaban J connectivity index is 1.58. The van der Waals surface area contributed by atoms with Crippen molar-refractivity contribution in [1.29, 1.82) is 0 Å². The molecular formula is C24H26N4O3. The summed E-state index contributed by atoms with van der Waals surface area (Å²) in [5.41, 5.74) is 2.29. The summed E-state index contributed by atoms with van der Waals surface area (Å²) in [5.74, 6) is 1.24. The standard InChI is InChI=1S/C24H26N4O3/c1-3-28-22(29)19-9-6-8-17(14(2)25-20-10-5-4-7-18(20)23(30)31)21(19)26-24(28)27-12-15-11-16(15)13-27/h4-10,14-16,25H,3,11-13H2,1-2H3,(H,30,31). The van der Waals surface area contributed by atoms with Gasteiger partial charge in [0.25, 0.3) is 5.56 Å². The molecule has 1 aliphatic carbocycles. The van der Waals surface area contributed by atoms with Gasteiger partial charge in [-0.3, -0.25) is 9.36 Å².